The number of anilines is 1. The summed E-state index contributed by atoms with van der Waals surface area (Å²) in [5, 5.41) is 3.90. The molecular weight excluding hydrogens is 397 g/mol. The maximum atomic E-state index is 12.7. The second-order valence-corrected chi connectivity index (χ2v) is 7.83. The molecule has 3 rings (SSSR count). The van der Waals surface area contributed by atoms with Gasteiger partial charge in [-0.15, -0.1) is 0 Å². The topological polar surface area (TPSA) is 44.8 Å². The Balaban J connectivity index is 1.77. The summed E-state index contributed by atoms with van der Waals surface area (Å²) in [6.07, 6.45) is 0. The van der Waals surface area contributed by atoms with E-state index in [-0.39, 0.29) is 11.9 Å². The van der Waals surface area contributed by atoms with E-state index in [1.165, 1.54) is 0 Å². The summed E-state index contributed by atoms with van der Waals surface area (Å²) in [6, 6.07) is 13.4. The lowest BCUT2D eigenvalue weighted by atomic mass is 10.0. The Morgan fingerprint density at radius 2 is 1.82 bits per heavy atom. The molecule has 0 saturated carbocycles. The number of carbonyl (C=O) groups excluding carboxylic acids is 1. The number of rotatable bonds is 6. The molecular formula is C21H25Cl2N3O2. The lowest BCUT2D eigenvalue weighted by Gasteiger charge is -2.35. The van der Waals surface area contributed by atoms with E-state index in [4.69, 9.17) is 27.9 Å². The maximum absolute atomic E-state index is 12.7. The van der Waals surface area contributed by atoms with E-state index in [0.29, 0.717) is 35.4 Å². The van der Waals surface area contributed by atoms with Crippen molar-refractivity contribution < 1.29 is 9.53 Å². The van der Waals surface area contributed by atoms with E-state index in [2.05, 4.69) is 39.4 Å². The minimum atomic E-state index is -0.226. The molecule has 0 bridgehead atoms. The first-order chi connectivity index (χ1) is 13.5. The highest BCUT2D eigenvalue weighted by atomic mass is 35.5. The number of hydrogen-bond donors (Lipinski definition) is 1. The molecule has 0 aromatic heterocycles. The van der Waals surface area contributed by atoms with Gasteiger partial charge in [0.05, 0.1) is 29.8 Å². The molecule has 150 valence electrons. The molecule has 28 heavy (non-hydrogen) atoms. The molecule has 1 fully saturated rings. The first kappa shape index (κ1) is 20.9. The molecule has 0 unspecified atom stereocenters. The second kappa shape index (κ2) is 9.61. The minimum absolute atomic E-state index is 0.0574. The summed E-state index contributed by atoms with van der Waals surface area (Å²) in [4.78, 5) is 17.1. The van der Waals surface area contributed by atoms with Crippen LogP contribution in [0.4, 0.5) is 5.69 Å². The molecule has 1 atom stereocenters. The van der Waals surface area contributed by atoms with Crippen molar-refractivity contribution in [3.05, 3.63) is 63.6 Å². The summed E-state index contributed by atoms with van der Waals surface area (Å²) in [5.41, 5.74) is 2.68. The van der Waals surface area contributed by atoms with Crippen molar-refractivity contribution >= 4 is 34.8 Å². The Hall–Kier alpha value is -1.79. The standard InChI is InChI=1S/C21H25Cl2N3O2/c1-25(2)17-6-3-15(4-7-17)20(26-9-11-28-12-10-26)14-24-21(27)18-13-16(22)5-8-19(18)23/h3-8,13,20H,9-12,14H2,1-2H3,(H,24,27)/t20-/m0/s1. The predicted octanol–water partition coefficient (Wildman–Crippen LogP) is 3.86. The van der Waals surface area contributed by atoms with Gasteiger partial charge < -0.3 is 15.0 Å². The predicted molar refractivity (Wildman–Crippen MR) is 115 cm³/mol. The highest BCUT2D eigenvalue weighted by Gasteiger charge is 2.24. The number of amides is 1. The fourth-order valence-electron chi connectivity index (χ4n) is 3.30. The van der Waals surface area contributed by atoms with Crippen LogP contribution in [-0.4, -0.2) is 57.8 Å². The molecule has 1 saturated heterocycles. The van der Waals surface area contributed by atoms with Crippen LogP contribution in [-0.2, 0) is 4.74 Å². The first-order valence-electron chi connectivity index (χ1n) is 9.28. The summed E-state index contributed by atoms with van der Waals surface area (Å²) < 4.78 is 5.49. The van der Waals surface area contributed by atoms with Crippen molar-refractivity contribution in [1.29, 1.82) is 0 Å². The fourth-order valence-corrected chi connectivity index (χ4v) is 3.67. The monoisotopic (exact) mass is 421 g/mol. The largest absolute Gasteiger partial charge is 0.379 e. The molecule has 2 aromatic rings. The number of hydrogen-bond acceptors (Lipinski definition) is 4. The fraction of sp³-hybridized carbons (Fsp3) is 0.381. The second-order valence-electron chi connectivity index (χ2n) is 6.98. The van der Waals surface area contributed by atoms with Crippen LogP contribution in [0.15, 0.2) is 42.5 Å². The Bertz CT molecular complexity index is 806. The number of nitrogens with zero attached hydrogens (tertiary/aromatic N) is 2. The number of carbonyl (C=O) groups is 1. The van der Waals surface area contributed by atoms with Crippen LogP contribution in [0, 0.1) is 0 Å². The van der Waals surface area contributed by atoms with Crippen LogP contribution in [0.2, 0.25) is 10.0 Å². The van der Waals surface area contributed by atoms with Gasteiger partial charge in [-0.05, 0) is 35.9 Å². The molecule has 0 aliphatic carbocycles. The Kier molecular flexibility index (Phi) is 7.18. The van der Waals surface area contributed by atoms with Gasteiger partial charge in [0.1, 0.15) is 0 Å². The Morgan fingerprint density at radius 3 is 2.46 bits per heavy atom. The van der Waals surface area contributed by atoms with Gasteiger partial charge in [-0.1, -0.05) is 35.3 Å². The van der Waals surface area contributed by atoms with E-state index < -0.39 is 0 Å². The zero-order chi connectivity index (χ0) is 20.1. The van der Waals surface area contributed by atoms with E-state index in [9.17, 15) is 4.79 Å². The number of morpholine rings is 1. The van der Waals surface area contributed by atoms with Gasteiger partial charge in [0, 0.05) is 44.4 Å². The minimum Gasteiger partial charge on any atom is -0.379 e. The van der Waals surface area contributed by atoms with Crippen molar-refractivity contribution in [2.45, 2.75) is 6.04 Å². The van der Waals surface area contributed by atoms with Gasteiger partial charge in [0.15, 0.2) is 0 Å². The van der Waals surface area contributed by atoms with E-state index in [1.54, 1.807) is 18.2 Å². The third-order valence-corrected chi connectivity index (χ3v) is 5.47. The smallest absolute Gasteiger partial charge is 0.252 e. The van der Waals surface area contributed by atoms with Crippen molar-refractivity contribution in [2.24, 2.45) is 0 Å². The number of nitrogens with one attached hydrogen (secondary N) is 1. The summed E-state index contributed by atoms with van der Waals surface area (Å²) in [7, 11) is 4.03. The summed E-state index contributed by atoms with van der Waals surface area (Å²) in [5.74, 6) is -0.226. The Morgan fingerprint density at radius 1 is 1.14 bits per heavy atom. The molecule has 1 N–H and O–H groups in total. The van der Waals surface area contributed by atoms with E-state index >= 15 is 0 Å². The van der Waals surface area contributed by atoms with Gasteiger partial charge in [-0.25, -0.2) is 0 Å². The Labute approximate surface area is 176 Å². The number of halogens is 2. The summed E-state index contributed by atoms with van der Waals surface area (Å²) in [6.45, 7) is 3.52. The zero-order valence-corrected chi connectivity index (χ0v) is 17.6. The highest BCUT2D eigenvalue weighted by molar-refractivity contribution is 6.35. The van der Waals surface area contributed by atoms with E-state index in [0.717, 1.165) is 24.3 Å². The van der Waals surface area contributed by atoms with Crippen LogP contribution in [0.25, 0.3) is 0 Å². The SMILES string of the molecule is CN(C)c1ccc([C@H](CNC(=O)c2cc(Cl)ccc2Cl)N2CCOCC2)cc1. The number of ether oxygens (including phenoxy) is 1. The maximum Gasteiger partial charge on any atom is 0.252 e. The van der Waals surface area contributed by atoms with Gasteiger partial charge in [0.2, 0.25) is 0 Å². The van der Waals surface area contributed by atoms with Gasteiger partial charge in [-0.2, -0.15) is 0 Å². The normalized spacial score (nSPS) is 15.9. The van der Waals surface area contributed by atoms with Crippen LogP contribution < -0.4 is 10.2 Å². The van der Waals surface area contributed by atoms with E-state index in [1.807, 2.05) is 14.1 Å². The van der Waals surface area contributed by atoms with Crippen LogP contribution in [0.3, 0.4) is 0 Å². The quantitative estimate of drug-likeness (QED) is 0.768. The highest BCUT2D eigenvalue weighted by Crippen LogP contribution is 2.25. The van der Waals surface area contributed by atoms with Crippen LogP contribution >= 0.6 is 23.2 Å². The van der Waals surface area contributed by atoms with Gasteiger partial charge in [0.25, 0.3) is 5.91 Å². The van der Waals surface area contributed by atoms with Gasteiger partial charge >= 0.3 is 0 Å². The molecule has 0 spiro atoms. The molecule has 1 aliphatic rings. The molecule has 2 aromatic carbocycles. The average molecular weight is 422 g/mol. The summed E-state index contributed by atoms with van der Waals surface area (Å²) >= 11 is 12.2. The molecule has 7 heteroatoms. The van der Waals surface area contributed by atoms with Crippen LogP contribution in [0.1, 0.15) is 22.0 Å². The molecule has 1 amide bonds. The molecule has 1 aliphatic heterocycles. The third kappa shape index (κ3) is 5.17. The third-order valence-electron chi connectivity index (χ3n) is 4.91. The lowest BCUT2D eigenvalue weighted by molar-refractivity contribution is 0.0162. The van der Waals surface area contributed by atoms with Crippen LogP contribution in [0.5, 0.6) is 0 Å². The van der Waals surface area contributed by atoms with Crippen molar-refractivity contribution in [3.63, 3.8) is 0 Å². The zero-order valence-electron chi connectivity index (χ0n) is 16.1. The first-order valence-corrected chi connectivity index (χ1v) is 10.0. The van der Waals surface area contributed by atoms with Crippen molar-refractivity contribution in [3.8, 4) is 0 Å². The van der Waals surface area contributed by atoms with Crippen molar-refractivity contribution in [2.75, 3.05) is 51.8 Å². The molecule has 0 radical (unpaired) electrons. The average Bonchev–Trinajstić information content (AvgIpc) is 2.71. The lowest BCUT2D eigenvalue weighted by Crippen LogP contribution is -2.43. The van der Waals surface area contributed by atoms with Gasteiger partial charge in [-0.3, -0.25) is 9.69 Å². The molecule has 1 heterocycles. The number of benzene rings is 2. The van der Waals surface area contributed by atoms with Crippen molar-refractivity contribution in [1.82, 2.24) is 10.2 Å². The molecule has 5 nitrogen and oxygen atoms in total.